The van der Waals surface area contributed by atoms with Crippen LogP contribution in [0.4, 0.5) is 0 Å². The summed E-state index contributed by atoms with van der Waals surface area (Å²) in [6.45, 7) is 6.36. The SMILES string of the molecule is CCC1CCC(c2noc(C(C)(C)NC)n2)C1. The fourth-order valence-electron chi connectivity index (χ4n) is 2.44. The average molecular weight is 237 g/mol. The number of nitrogens with one attached hydrogen (secondary N) is 1. The summed E-state index contributed by atoms with van der Waals surface area (Å²) in [5.41, 5.74) is -0.242. The van der Waals surface area contributed by atoms with E-state index in [-0.39, 0.29) is 5.54 Å². The molecule has 2 unspecified atom stereocenters. The Morgan fingerprint density at radius 1 is 1.41 bits per heavy atom. The number of aromatic nitrogens is 2. The lowest BCUT2D eigenvalue weighted by atomic mass is 10.0. The molecule has 1 aromatic heterocycles. The molecule has 0 saturated heterocycles. The van der Waals surface area contributed by atoms with Gasteiger partial charge in [-0.05, 0) is 46.1 Å². The zero-order chi connectivity index (χ0) is 12.5. The summed E-state index contributed by atoms with van der Waals surface area (Å²) < 4.78 is 5.38. The van der Waals surface area contributed by atoms with Crippen molar-refractivity contribution in [1.29, 1.82) is 0 Å². The second-order valence-electron chi connectivity index (χ2n) is 5.62. The van der Waals surface area contributed by atoms with Gasteiger partial charge in [0, 0.05) is 5.92 Å². The largest absolute Gasteiger partial charge is 0.337 e. The highest BCUT2D eigenvalue weighted by molar-refractivity contribution is 5.04. The zero-order valence-corrected chi connectivity index (χ0v) is 11.3. The van der Waals surface area contributed by atoms with Crippen LogP contribution in [0.2, 0.25) is 0 Å². The van der Waals surface area contributed by atoms with Gasteiger partial charge in [-0.15, -0.1) is 0 Å². The Kier molecular flexibility index (Phi) is 3.52. The van der Waals surface area contributed by atoms with Crippen LogP contribution in [0.3, 0.4) is 0 Å². The van der Waals surface area contributed by atoms with Crippen LogP contribution in [0.1, 0.15) is 64.1 Å². The molecule has 1 saturated carbocycles. The lowest BCUT2D eigenvalue weighted by molar-refractivity contribution is 0.278. The summed E-state index contributed by atoms with van der Waals surface area (Å²) in [6.07, 6.45) is 5.00. The lowest BCUT2D eigenvalue weighted by Crippen LogP contribution is -2.33. The first-order valence-corrected chi connectivity index (χ1v) is 6.59. The summed E-state index contributed by atoms with van der Waals surface area (Å²) in [7, 11) is 1.91. The predicted molar refractivity (Wildman–Crippen MR) is 66.8 cm³/mol. The maximum atomic E-state index is 5.38. The third kappa shape index (κ3) is 2.51. The molecule has 1 aliphatic rings. The van der Waals surface area contributed by atoms with Crippen molar-refractivity contribution in [2.24, 2.45) is 5.92 Å². The average Bonchev–Trinajstić information content (AvgIpc) is 2.97. The Labute approximate surface area is 103 Å². The van der Waals surface area contributed by atoms with E-state index in [4.69, 9.17) is 4.52 Å². The number of rotatable bonds is 4. The second-order valence-corrected chi connectivity index (χ2v) is 5.62. The highest BCUT2D eigenvalue weighted by atomic mass is 16.5. The molecule has 1 heterocycles. The van der Waals surface area contributed by atoms with Gasteiger partial charge in [-0.2, -0.15) is 4.98 Å². The first-order chi connectivity index (χ1) is 8.06. The third-order valence-corrected chi connectivity index (χ3v) is 4.09. The highest BCUT2D eigenvalue weighted by Crippen LogP contribution is 2.38. The fourth-order valence-corrected chi connectivity index (χ4v) is 2.44. The van der Waals surface area contributed by atoms with E-state index in [1.54, 1.807) is 0 Å². The van der Waals surface area contributed by atoms with Crippen LogP contribution in [0, 0.1) is 5.92 Å². The van der Waals surface area contributed by atoms with Crippen molar-refractivity contribution in [3.8, 4) is 0 Å². The topological polar surface area (TPSA) is 51.0 Å². The minimum absolute atomic E-state index is 0.242. The van der Waals surface area contributed by atoms with Crippen LogP contribution in [-0.2, 0) is 5.54 Å². The van der Waals surface area contributed by atoms with Gasteiger partial charge in [0.15, 0.2) is 5.82 Å². The number of nitrogens with zero attached hydrogens (tertiary/aromatic N) is 2. The van der Waals surface area contributed by atoms with Gasteiger partial charge >= 0.3 is 0 Å². The van der Waals surface area contributed by atoms with Crippen molar-refractivity contribution in [3.63, 3.8) is 0 Å². The summed E-state index contributed by atoms with van der Waals surface area (Å²) >= 11 is 0. The van der Waals surface area contributed by atoms with E-state index < -0.39 is 0 Å². The molecular formula is C13H23N3O. The van der Waals surface area contributed by atoms with Gasteiger partial charge in [0.25, 0.3) is 0 Å². The quantitative estimate of drug-likeness (QED) is 0.875. The van der Waals surface area contributed by atoms with E-state index in [0.29, 0.717) is 11.8 Å². The molecule has 1 N–H and O–H groups in total. The van der Waals surface area contributed by atoms with Gasteiger partial charge in [0.1, 0.15) is 0 Å². The molecule has 4 nitrogen and oxygen atoms in total. The van der Waals surface area contributed by atoms with Crippen molar-refractivity contribution in [2.75, 3.05) is 7.05 Å². The molecular weight excluding hydrogens is 214 g/mol. The van der Waals surface area contributed by atoms with Gasteiger partial charge in [-0.1, -0.05) is 18.5 Å². The zero-order valence-electron chi connectivity index (χ0n) is 11.3. The number of hydrogen-bond acceptors (Lipinski definition) is 4. The van der Waals surface area contributed by atoms with Gasteiger partial charge in [0.05, 0.1) is 5.54 Å². The minimum Gasteiger partial charge on any atom is -0.337 e. The van der Waals surface area contributed by atoms with E-state index in [0.717, 1.165) is 11.7 Å². The van der Waals surface area contributed by atoms with E-state index in [9.17, 15) is 0 Å². The van der Waals surface area contributed by atoms with Crippen LogP contribution in [0.15, 0.2) is 4.52 Å². The maximum Gasteiger partial charge on any atom is 0.246 e. The van der Waals surface area contributed by atoms with Crippen LogP contribution in [-0.4, -0.2) is 17.2 Å². The molecule has 96 valence electrons. The second kappa shape index (κ2) is 4.77. The molecule has 0 bridgehead atoms. The Morgan fingerprint density at radius 2 is 2.18 bits per heavy atom. The normalized spacial score (nSPS) is 25.4. The monoisotopic (exact) mass is 237 g/mol. The molecule has 0 radical (unpaired) electrons. The van der Waals surface area contributed by atoms with E-state index in [2.05, 4.69) is 22.4 Å². The van der Waals surface area contributed by atoms with Crippen molar-refractivity contribution < 1.29 is 4.52 Å². The van der Waals surface area contributed by atoms with Crippen LogP contribution < -0.4 is 5.32 Å². The molecule has 1 aliphatic carbocycles. The van der Waals surface area contributed by atoms with E-state index in [1.165, 1.54) is 25.7 Å². The first-order valence-electron chi connectivity index (χ1n) is 6.59. The standard InChI is InChI=1S/C13H23N3O/c1-5-9-6-7-10(8-9)11-15-12(17-16-11)13(2,3)14-4/h9-10,14H,5-8H2,1-4H3. The van der Waals surface area contributed by atoms with Crippen molar-refractivity contribution in [2.45, 2.75) is 57.9 Å². The van der Waals surface area contributed by atoms with Crippen LogP contribution in [0.5, 0.6) is 0 Å². The molecule has 0 amide bonds. The predicted octanol–water partition coefficient (Wildman–Crippen LogP) is 2.82. The van der Waals surface area contributed by atoms with Crippen molar-refractivity contribution >= 4 is 0 Å². The lowest BCUT2D eigenvalue weighted by Gasteiger charge is -2.17. The first kappa shape index (κ1) is 12.6. The molecule has 1 fully saturated rings. The van der Waals surface area contributed by atoms with E-state index >= 15 is 0 Å². The van der Waals surface area contributed by atoms with Crippen LogP contribution in [0.25, 0.3) is 0 Å². The Bertz CT molecular complexity index is 372. The Balaban J connectivity index is 2.09. The van der Waals surface area contributed by atoms with Crippen molar-refractivity contribution in [3.05, 3.63) is 11.7 Å². The Morgan fingerprint density at radius 3 is 2.76 bits per heavy atom. The van der Waals surface area contributed by atoms with Crippen LogP contribution >= 0.6 is 0 Å². The fraction of sp³-hybridized carbons (Fsp3) is 0.846. The summed E-state index contributed by atoms with van der Waals surface area (Å²) in [4.78, 5) is 4.56. The molecule has 2 atom stereocenters. The minimum atomic E-state index is -0.242. The van der Waals surface area contributed by atoms with Gasteiger partial charge in [0.2, 0.25) is 5.89 Å². The van der Waals surface area contributed by atoms with E-state index in [1.807, 2.05) is 20.9 Å². The molecule has 0 aromatic carbocycles. The molecule has 2 rings (SSSR count). The summed E-state index contributed by atoms with van der Waals surface area (Å²) in [5, 5.41) is 7.34. The molecule has 4 heteroatoms. The van der Waals surface area contributed by atoms with Gasteiger partial charge < -0.3 is 9.84 Å². The molecule has 0 aliphatic heterocycles. The van der Waals surface area contributed by atoms with Gasteiger partial charge in [-0.25, -0.2) is 0 Å². The smallest absolute Gasteiger partial charge is 0.246 e. The molecule has 1 aromatic rings. The molecule has 17 heavy (non-hydrogen) atoms. The Hall–Kier alpha value is -0.900. The summed E-state index contributed by atoms with van der Waals surface area (Å²) in [5.74, 6) is 2.94. The highest BCUT2D eigenvalue weighted by Gasteiger charge is 2.31. The van der Waals surface area contributed by atoms with Gasteiger partial charge in [-0.3, -0.25) is 0 Å². The summed E-state index contributed by atoms with van der Waals surface area (Å²) in [6, 6.07) is 0. The third-order valence-electron chi connectivity index (χ3n) is 4.09. The molecule has 0 spiro atoms. The number of hydrogen-bond donors (Lipinski definition) is 1. The van der Waals surface area contributed by atoms with Crippen molar-refractivity contribution in [1.82, 2.24) is 15.5 Å². The maximum absolute atomic E-state index is 5.38.